The van der Waals surface area contributed by atoms with Gasteiger partial charge >= 0.3 is 0 Å². The third-order valence-electron chi connectivity index (χ3n) is 3.34. The smallest absolute Gasteiger partial charge is 0.200 e. The molecule has 0 aliphatic heterocycles. The molecule has 3 rings (SSSR count). The molecule has 0 aliphatic rings. The Bertz CT molecular complexity index is 896. The third kappa shape index (κ3) is 2.57. The second-order valence-electron chi connectivity index (χ2n) is 4.94. The van der Waals surface area contributed by atoms with Gasteiger partial charge < -0.3 is 4.42 Å². The summed E-state index contributed by atoms with van der Waals surface area (Å²) in [6.45, 7) is 1.78. The molecule has 3 aromatic rings. The lowest BCUT2D eigenvalue weighted by molar-refractivity contribution is 0.544. The number of fused-ring (bicyclic) bond motifs is 1. The van der Waals surface area contributed by atoms with Gasteiger partial charge in [0.2, 0.25) is 5.43 Å². The Labute approximate surface area is 133 Å². The van der Waals surface area contributed by atoms with Gasteiger partial charge in [0.1, 0.15) is 23.0 Å². The van der Waals surface area contributed by atoms with Crippen molar-refractivity contribution in [2.24, 2.45) is 0 Å². The van der Waals surface area contributed by atoms with E-state index >= 15 is 0 Å². The molecule has 1 aromatic heterocycles. The van der Waals surface area contributed by atoms with Crippen molar-refractivity contribution >= 4 is 26.9 Å². The van der Waals surface area contributed by atoms with Crippen molar-refractivity contribution in [1.82, 2.24) is 0 Å². The first kappa shape index (κ1) is 14.9. The minimum absolute atomic E-state index is 0.165. The van der Waals surface area contributed by atoms with E-state index < -0.39 is 11.6 Å². The van der Waals surface area contributed by atoms with Crippen LogP contribution in [0.2, 0.25) is 0 Å². The number of hydrogen-bond donors (Lipinski definition) is 0. The van der Waals surface area contributed by atoms with E-state index in [4.69, 9.17) is 4.42 Å². The molecular weight excluding hydrogens is 354 g/mol. The fourth-order valence-electron chi connectivity index (χ4n) is 2.41. The van der Waals surface area contributed by atoms with Crippen LogP contribution in [-0.4, -0.2) is 0 Å². The lowest BCUT2D eigenvalue weighted by Crippen LogP contribution is -2.09. The van der Waals surface area contributed by atoms with Gasteiger partial charge in [-0.3, -0.25) is 4.79 Å². The number of benzene rings is 2. The average Bonchev–Trinajstić information content (AvgIpc) is 2.46. The largest absolute Gasteiger partial charge is 0.459 e. The molecule has 0 aliphatic carbocycles. The summed E-state index contributed by atoms with van der Waals surface area (Å²) >= 11 is 3.37. The summed E-state index contributed by atoms with van der Waals surface area (Å²) in [6, 6.07) is 9.81. The molecule has 0 radical (unpaired) electrons. The summed E-state index contributed by atoms with van der Waals surface area (Å²) in [7, 11) is 0. The van der Waals surface area contributed by atoms with Gasteiger partial charge in [-0.25, -0.2) is 8.78 Å². The van der Waals surface area contributed by atoms with Crippen LogP contribution in [-0.2, 0) is 0 Å². The van der Waals surface area contributed by atoms with E-state index in [1.165, 1.54) is 0 Å². The van der Waals surface area contributed by atoms with Crippen LogP contribution in [0.4, 0.5) is 8.78 Å². The zero-order valence-electron chi connectivity index (χ0n) is 11.6. The Morgan fingerprint density at radius 3 is 2.36 bits per heavy atom. The number of rotatable bonds is 2. The summed E-state index contributed by atoms with van der Waals surface area (Å²) < 4.78 is 32.8. The van der Waals surface area contributed by atoms with Crippen LogP contribution in [0.25, 0.3) is 22.1 Å². The summed E-state index contributed by atoms with van der Waals surface area (Å²) in [5, 5.41) is 0.374. The fraction of sp³-hybridized carbons (Fsp3) is 0.118. The van der Waals surface area contributed by atoms with E-state index in [1.807, 2.05) is 0 Å². The van der Waals surface area contributed by atoms with Gasteiger partial charge in [0, 0.05) is 6.07 Å². The number of alkyl halides is 1. The highest BCUT2D eigenvalue weighted by Gasteiger charge is 2.20. The predicted molar refractivity (Wildman–Crippen MR) is 85.2 cm³/mol. The molecule has 0 saturated heterocycles. The van der Waals surface area contributed by atoms with E-state index in [-0.39, 0.29) is 21.4 Å². The van der Waals surface area contributed by atoms with E-state index in [9.17, 15) is 13.6 Å². The SMILES string of the molecule is CC(Br)c1oc2ccccc2c(=O)c1-c1cc(F)cc(F)c1. The van der Waals surface area contributed by atoms with Crippen LogP contribution < -0.4 is 5.43 Å². The number of hydrogen-bond acceptors (Lipinski definition) is 2. The van der Waals surface area contributed by atoms with Crippen molar-refractivity contribution in [2.75, 3.05) is 0 Å². The normalized spacial score (nSPS) is 12.5. The maximum absolute atomic E-state index is 13.5. The van der Waals surface area contributed by atoms with Gasteiger partial charge in [-0.1, -0.05) is 28.1 Å². The van der Waals surface area contributed by atoms with Crippen molar-refractivity contribution in [2.45, 2.75) is 11.8 Å². The van der Waals surface area contributed by atoms with Crippen molar-refractivity contribution in [3.63, 3.8) is 0 Å². The minimum Gasteiger partial charge on any atom is -0.459 e. The summed E-state index contributed by atoms with van der Waals surface area (Å²) in [5.41, 5.74) is 0.461. The molecule has 1 unspecified atom stereocenters. The maximum atomic E-state index is 13.5. The van der Waals surface area contributed by atoms with Crippen molar-refractivity contribution in [3.8, 4) is 11.1 Å². The Balaban J connectivity index is 2.43. The van der Waals surface area contributed by atoms with Crippen LogP contribution in [0.15, 0.2) is 51.7 Å². The Morgan fingerprint density at radius 2 is 1.73 bits per heavy atom. The van der Waals surface area contributed by atoms with Gasteiger partial charge in [0.15, 0.2) is 0 Å². The summed E-state index contributed by atoms with van der Waals surface area (Å²) in [5.74, 6) is -1.14. The Kier molecular flexibility index (Phi) is 3.83. The van der Waals surface area contributed by atoms with E-state index in [0.29, 0.717) is 16.7 Å². The minimum atomic E-state index is -0.740. The zero-order chi connectivity index (χ0) is 15.9. The van der Waals surface area contributed by atoms with Gasteiger partial charge in [-0.05, 0) is 36.8 Å². The molecule has 2 nitrogen and oxygen atoms in total. The summed E-state index contributed by atoms with van der Waals surface area (Å²) in [4.78, 5) is 12.5. The van der Waals surface area contributed by atoms with Crippen molar-refractivity contribution in [3.05, 3.63) is 70.1 Å². The molecule has 22 heavy (non-hydrogen) atoms. The Morgan fingerprint density at radius 1 is 1.09 bits per heavy atom. The molecule has 0 fully saturated rings. The predicted octanol–water partition coefficient (Wildman–Crippen LogP) is 5.19. The van der Waals surface area contributed by atoms with Crippen LogP contribution in [0.3, 0.4) is 0 Å². The Hall–Kier alpha value is -2.01. The fourth-order valence-corrected chi connectivity index (χ4v) is 2.73. The molecule has 0 N–H and O–H groups in total. The maximum Gasteiger partial charge on any atom is 0.200 e. The molecule has 112 valence electrons. The number of halogens is 3. The van der Waals surface area contributed by atoms with Gasteiger partial charge in [-0.2, -0.15) is 0 Å². The van der Waals surface area contributed by atoms with E-state index in [1.54, 1.807) is 31.2 Å². The second-order valence-corrected chi connectivity index (χ2v) is 6.31. The summed E-state index contributed by atoms with van der Waals surface area (Å²) in [6.07, 6.45) is 0. The molecule has 0 saturated carbocycles. The monoisotopic (exact) mass is 364 g/mol. The van der Waals surface area contributed by atoms with Crippen molar-refractivity contribution in [1.29, 1.82) is 0 Å². The van der Waals surface area contributed by atoms with E-state index in [0.717, 1.165) is 18.2 Å². The molecule has 1 heterocycles. The van der Waals surface area contributed by atoms with Gasteiger partial charge in [0.05, 0.1) is 15.8 Å². The molecular formula is C17H11BrF2O2. The zero-order valence-corrected chi connectivity index (χ0v) is 13.2. The topological polar surface area (TPSA) is 30.2 Å². The van der Waals surface area contributed by atoms with E-state index in [2.05, 4.69) is 15.9 Å². The molecule has 1 atom stereocenters. The van der Waals surface area contributed by atoms with Crippen LogP contribution in [0.5, 0.6) is 0 Å². The number of para-hydroxylation sites is 1. The van der Waals surface area contributed by atoms with Crippen LogP contribution in [0, 0.1) is 11.6 Å². The van der Waals surface area contributed by atoms with Crippen molar-refractivity contribution < 1.29 is 13.2 Å². The third-order valence-corrected chi connectivity index (χ3v) is 3.75. The van der Waals surface area contributed by atoms with Gasteiger partial charge in [-0.15, -0.1) is 0 Å². The lowest BCUT2D eigenvalue weighted by atomic mass is 10.0. The lowest BCUT2D eigenvalue weighted by Gasteiger charge is -2.12. The highest BCUT2D eigenvalue weighted by atomic mass is 79.9. The molecule has 0 amide bonds. The average molecular weight is 365 g/mol. The molecule has 0 spiro atoms. The molecule has 0 bridgehead atoms. The molecule has 5 heteroatoms. The quantitative estimate of drug-likeness (QED) is 0.585. The van der Waals surface area contributed by atoms with Gasteiger partial charge in [0.25, 0.3) is 0 Å². The first-order valence-corrected chi connectivity index (χ1v) is 7.55. The highest BCUT2D eigenvalue weighted by molar-refractivity contribution is 9.09. The first-order chi connectivity index (χ1) is 10.5. The first-order valence-electron chi connectivity index (χ1n) is 6.63. The van der Waals surface area contributed by atoms with Crippen LogP contribution in [0.1, 0.15) is 17.5 Å². The second kappa shape index (κ2) is 5.65. The van der Waals surface area contributed by atoms with Crippen LogP contribution >= 0.6 is 15.9 Å². The highest BCUT2D eigenvalue weighted by Crippen LogP contribution is 2.33. The standard InChI is InChI=1S/C17H11BrF2O2/c1-9(18)17-15(10-6-11(19)8-12(20)7-10)16(21)13-4-2-3-5-14(13)22-17/h2-9H,1H3. The molecule has 2 aromatic carbocycles.